The van der Waals surface area contributed by atoms with Gasteiger partial charge >= 0.3 is 0 Å². The molecule has 1 aliphatic heterocycles. The van der Waals surface area contributed by atoms with Crippen molar-refractivity contribution in [1.29, 1.82) is 0 Å². The highest BCUT2D eigenvalue weighted by atomic mass is 16.5. The average Bonchev–Trinajstić information content (AvgIpc) is 2.59. The number of para-hydroxylation sites is 1. The number of allylic oxidation sites excluding steroid dienone is 4. The van der Waals surface area contributed by atoms with Crippen LogP contribution in [0.5, 0.6) is 5.75 Å². The molecule has 0 spiro atoms. The van der Waals surface area contributed by atoms with Gasteiger partial charge in [-0.05, 0) is 47.8 Å². The molecule has 0 saturated heterocycles. The molecule has 1 heterocycles. The van der Waals surface area contributed by atoms with E-state index < -0.39 is 0 Å². The van der Waals surface area contributed by atoms with Gasteiger partial charge in [0, 0.05) is 5.56 Å². The number of hydrogen-bond donors (Lipinski definition) is 0. The summed E-state index contributed by atoms with van der Waals surface area (Å²) in [6, 6.07) is 16.5. The number of fused-ring (bicyclic) bond motifs is 1. The molecule has 0 radical (unpaired) electrons. The number of aryl methyl sites for hydroxylation is 1. The third-order valence-corrected chi connectivity index (χ3v) is 4.09. The molecule has 0 atom stereocenters. The summed E-state index contributed by atoms with van der Waals surface area (Å²) in [5, 5.41) is 0. The third-order valence-electron chi connectivity index (χ3n) is 4.09. The Kier molecular flexibility index (Phi) is 3.97. The quantitative estimate of drug-likeness (QED) is 0.680. The Labute approximate surface area is 132 Å². The molecule has 22 heavy (non-hydrogen) atoms. The Balaban J connectivity index is 2.09. The highest BCUT2D eigenvalue weighted by Crippen LogP contribution is 2.31. The van der Waals surface area contributed by atoms with Crippen LogP contribution in [0.1, 0.15) is 23.6 Å². The molecule has 1 heteroatoms. The largest absolute Gasteiger partial charge is 0.488 e. The van der Waals surface area contributed by atoms with E-state index in [4.69, 9.17) is 4.74 Å². The molecule has 1 nitrogen and oxygen atoms in total. The summed E-state index contributed by atoms with van der Waals surface area (Å²) < 4.78 is 6.11. The van der Waals surface area contributed by atoms with Crippen molar-refractivity contribution in [3.05, 3.63) is 89.5 Å². The van der Waals surface area contributed by atoms with Gasteiger partial charge < -0.3 is 4.74 Å². The molecule has 0 unspecified atom stereocenters. The van der Waals surface area contributed by atoms with Gasteiger partial charge in [0.15, 0.2) is 0 Å². The zero-order valence-corrected chi connectivity index (χ0v) is 13.1. The van der Waals surface area contributed by atoms with Crippen LogP contribution in [0.15, 0.2) is 72.8 Å². The van der Waals surface area contributed by atoms with Crippen LogP contribution >= 0.6 is 0 Å². The summed E-state index contributed by atoms with van der Waals surface area (Å²) in [6.45, 7) is 8.99. The van der Waals surface area contributed by atoms with Crippen LogP contribution in [0.2, 0.25) is 0 Å². The van der Waals surface area contributed by atoms with Crippen LogP contribution in [-0.2, 0) is 0 Å². The normalized spacial score (nSPS) is 19.5. The van der Waals surface area contributed by atoms with Crippen LogP contribution in [0.3, 0.4) is 0 Å². The van der Waals surface area contributed by atoms with Crippen molar-refractivity contribution >= 4 is 11.1 Å². The van der Waals surface area contributed by atoms with Crippen molar-refractivity contribution in [3.63, 3.8) is 0 Å². The van der Waals surface area contributed by atoms with Crippen LogP contribution in [0.4, 0.5) is 0 Å². The van der Waals surface area contributed by atoms with E-state index >= 15 is 0 Å². The van der Waals surface area contributed by atoms with Gasteiger partial charge in [0.25, 0.3) is 0 Å². The molecule has 2 aromatic rings. The first-order chi connectivity index (χ1) is 10.7. The predicted octanol–water partition coefficient (Wildman–Crippen LogP) is 5.43. The Hall–Kier alpha value is -2.54. The summed E-state index contributed by atoms with van der Waals surface area (Å²) in [6.07, 6.45) is 4.21. The Morgan fingerprint density at radius 3 is 2.32 bits per heavy atom. The molecule has 0 bridgehead atoms. The monoisotopic (exact) mass is 288 g/mol. The van der Waals surface area contributed by atoms with E-state index in [1.165, 1.54) is 22.3 Å². The van der Waals surface area contributed by atoms with E-state index in [0.717, 1.165) is 16.9 Å². The van der Waals surface area contributed by atoms with Gasteiger partial charge in [-0.15, -0.1) is 0 Å². The van der Waals surface area contributed by atoms with Gasteiger partial charge in [-0.25, -0.2) is 0 Å². The number of rotatable bonds is 1. The van der Waals surface area contributed by atoms with Crippen molar-refractivity contribution in [3.8, 4) is 5.75 Å². The molecule has 0 fully saturated rings. The number of hydrogen-bond acceptors (Lipinski definition) is 1. The summed E-state index contributed by atoms with van der Waals surface area (Å²) >= 11 is 0. The van der Waals surface area contributed by atoms with E-state index in [0.29, 0.717) is 6.61 Å². The van der Waals surface area contributed by atoms with Gasteiger partial charge in [-0.1, -0.05) is 61.2 Å². The van der Waals surface area contributed by atoms with E-state index in [-0.39, 0.29) is 0 Å². The maximum Gasteiger partial charge on any atom is 0.127 e. The van der Waals surface area contributed by atoms with Crippen LogP contribution < -0.4 is 4.74 Å². The number of benzene rings is 2. The maximum atomic E-state index is 6.11. The first-order valence-corrected chi connectivity index (χ1v) is 7.52. The van der Waals surface area contributed by atoms with Crippen molar-refractivity contribution in [2.75, 3.05) is 6.61 Å². The molecular formula is C21H20O. The van der Waals surface area contributed by atoms with Gasteiger partial charge in [-0.2, -0.15) is 0 Å². The highest BCUT2D eigenvalue weighted by Gasteiger charge is 2.12. The van der Waals surface area contributed by atoms with Crippen molar-refractivity contribution in [1.82, 2.24) is 0 Å². The van der Waals surface area contributed by atoms with Gasteiger partial charge in [-0.3, -0.25) is 0 Å². The number of ether oxygens (including phenoxy) is 1. The summed E-state index contributed by atoms with van der Waals surface area (Å²) in [5.41, 5.74) is 6.97. The Morgan fingerprint density at radius 2 is 1.55 bits per heavy atom. The lowest BCUT2D eigenvalue weighted by atomic mass is 9.96. The molecule has 0 amide bonds. The van der Waals surface area contributed by atoms with Crippen LogP contribution in [0, 0.1) is 6.92 Å². The SMILES string of the molecule is C=C1/C=C\C(C)=C(\c2ccccc2C)COc2ccccc21. The van der Waals surface area contributed by atoms with E-state index in [9.17, 15) is 0 Å². The lowest BCUT2D eigenvalue weighted by Crippen LogP contribution is -2.04. The van der Waals surface area contributed by atoms with Crippen LogP contribution in [-0.4, -0.2) is 6.61 Å². The van der Waals surface area contributed by atoms with E-state index in [2.05, 4.69) is 62.9 Å². The second-order valence-electron chi connectivity index (χ2n) is 5.62. The second-order valence-corrected chi connectivity index (χ2v) is 5.62. The zero-order chi connectivity index (χ0) is 15.5. The van der Waals surface area contributed by atoms with Crippen molar-refractivity contribution < 1.29 is 4.74 Å². The fourth-order valence-corrected chi connectivity index (χ4v) is 2.74. The fourth-order valence-electron chi connectivity index (χ4n) is 2.74. The molecule has 0 aliphatic carbocycles. The lowest BCUT2D eigenvalue weighted by molar-refractivity contribution is 0.368. The molecule has 110 valence electrons. The van der Waals surface area contributed by atoms with Gasteiger partial charge in [0.2, 0.25) is 0 Å². The zero-order valence-electron chi connectivity index (χ0n) is 13.1. The molecule has 3 rings (SSSR count). The van der Waals surface area contributed by atoms with Crippen LogP contribution in [0.25, 0.3) is 11.1 Å². The Morgan fingerprint density at radius 1 is 0.864 bits per heavy atom. The van der Waals surface area contributed by atoms with Gasteiger partial charge in [0.05, 0.1) is 0 Å². The second kappa shape index (κ2) is 6.07. The summed E-state index contributed by atoms with van der Waals surface area (Å²) in [5.74, 6) is 0.887. The molecule has 0 N–H and O–H groups in total. The fraction of sp³-hybridized carbons (Fsp3) is 0.143. The molecule has 1 aliphatic rings. The average molecular weight is 288 g/mol. The smallest absolute Gasteiger partial charge is 0.127 e. The lowest BCUT2D eigenvalue weighted by Gasteiger charge is -2.15. The molecular weight excluding hydrogens is 268 g/mol. The first kappa shape index (κ1) is 14.4. The summed E-state index contributed by atoms with van der Waals surface area (Å²) in [7, 11) is 0. The molecule has 2 aromatic carbocycles. The Bertz CT molecular complexity index is 778. The molecule has 0 saturated carbocycles. The standard InChI is InChI=1S/C21H20O/c1-15-8-4-5-9-18(15)20-14-22-21-11-7-6-10-19(21)16(2)12-13-17(20)3/h4-13H,2,14H2,1,3H3/b13-12-,20-17+. The topological polar surface area (TPSA) is 9.23 Å². The predicted molar refractivity (Wildman–Crippen MR) is 93.9 cm³/mol. The minimum Gasteiger partial charge on any atom is -0.488 e. The first-order valence-electron chi connectivity index (χ1n) is 7.52. The highest BCUT2D eigenvalue weighted by molar-refractivity contribution is 5.80. The minimum atomic E-state index is 0.561. The molecule has 0 aromatic heterocycles. The van der Waals surface area contributed by atoms with Gasteiger partial charge in [0.1, 0.15) is 12.4 Å². The van der Waals surface area contributed by atoms with E-state index in [1.807, 2.05) is 18.2 Å². The third kappa shape index (κ3) is 2.75. The summed E-state index contributed by atoms with van der Waals surface area (Å²) in [4.78, 5) is 0. The van der Waals surface area contributed by atoms with Crippen molar-refractivity contribution in [2.24, 2.45) is 0 Å². The maximum absolute atomic E-state index is 6.11. The minimum absolute atomic E-state index is 0.561. The van der Waals surface area contributed by atoms with Crippen molar-refractivity contribution in [2.45, 2.75) is 13.8 Å². The van der Waals surface area contributed by atoms with E-state index in [1.54, 1.807) is 0 Å².